The molecule has 0 aromatic heterocycles. The molecule has 0 bridgehead atoms. The highest BCUT2D eigenvalue weighted by Gasteiger charge is 2.19. The molecule has 0 spiro atoms. The van der Waals surface area contributed by atoms with Gasteiger partial charge in [-0.1, -0.05) is 24.0 Å². The van der Waals surface area contributed by atoms with Crippen molar-refractivity contribution in [3.05, 3.63) is 35.4 Å². The smallest absolute Gasteiger partial charge is 0.227 e. The molecule has 6 heteroatoms. The van der Waals surface area contributed by atoms with Gasteiger partial charge >= 0.3 is 0 Å². The molecule has 5 nitrogen and oxygen atoms in total. The lowest BCUT2D eigenvalue weighted by Crippen LogP contribution is -2.31. The molecule has 0 aliphatic carbocycles. The first-order valence-electron chi connectivity index (χ1n) is 5.65. The highest BCUT2D eigenvalue weighted by atomic mass is 32.2. The van der Waals surface area contributed by atoms with Gasteiger partial charge in [-0.2, -0.15) is 5.26 Å². The molecular weight excluding hydrogens is 262 g/mol. The first kappa shape index (κ1) is 15.2. The number of nitrogens with one attached hydrogen (secondary N) is 1. The highest BCUT2D eigenvalue weighted by molar-refractivity contribution is 7.90. The van der Waals surface area contributed by atoms with Crippen LogP contribution < -0.4 is 10.5 Å². The predicted molar refractivity (Wildman–Crippen MR) is 73.2 cm³/mol. The fourth-order valence-corrected chi connectivity index (χ4v) is 1.99. The van der Waals surface area contributed by atoms with Crippen molar-refractivity contribution in [3.63, 3.8) is 0 Å². The molecule has 1 unspecified atom stereocenters. The van der Waals surface area contributed by atoms with Gasteiger partial charge in [-0.15, -0.1) is 0 Å². The molecule has 0 fully saturated rings. The van der Waals surface area contributed by atoms with Crippen LogP contribution in [0.3, 0.4) is 0 Å². The molecule has 0 saturated carbocycles. The molecule has 3 N–H and O–H groups in total. The third kappa shape index (κ3) is 4.72. The standard InChI is InChI=1S/C13H15N3O2S/c1-11(9-15)19(17,18)16-10-13-6-4-12(5-7-13)3-2-8-14/h4-7,11,16H,8,10,14H2,1H3. The van der Waals surface area contributed by atoms with Crippen LogP contribution in [0.15, 0.2) is 24.3 Å². The number of benzene rings is 1. The van der Waals surface area contributed by atoms with Gasteiger partial charge in [0.2, 0.25) is 10.0 Å². The molecular formula is C13H15N3O2S. The van der Waals surface area contributed by atoms with Crippen LogP contribution in [0, 0.1) is 23.2 Å². The van der Waals surface area contributed by atoms with Crippen LogP contribution in [-0.4, -0.2) is 20.2 Å². The summed E-state index contributed by atoms with van der Waals surface area (Å²) in [7, 11) is -3.59. The first-order valence-corrected chi connectivity index (χ1v) is 7.20. The van der Waals surface area contributed by atoms with Gasteiger partial charge in [-0.3, -0.25) is 0 Å². The van der Waals surface area contributed by atoms with Crippen molar-refractivity contribution in [3.8, 4) is 17.9 Å². The molecule has 0 saturated heterocycles. The van der Waals surface area contributed by atoms with E-state index >= 15 is 0 Å². The number of nitrogens with two attached hydrogens (primary N) is 1. The quantitative estimate of drug-likeness (QED) is 0.775. The van der Waals surface area contributed by atoms with Crippen molar-refractivity contribution in [2.24, 2.45) is 5.73 Å². The minimum Gasteiger partial charge on any atom is -0.320 e. The summed E-state index contributed by atoms with van der Waals surface area (Å²) < 4.78 is 25.5. The van der Waals surface area contributed by atoms with E-state index in [2.05, 4.69) is 16.6 Å². The van der Waals surface area contributed by atoms with Crippen molar-refractivity contribution < 1.29 is 8.42 Å². The fourth-order valence-electron chi connectivity index (χ4n) is 1.24. The minimum absolute atomic E-state index is 0.152. The van der Waals surface area contributed by atoms with Gasteiger partial charge in [0.15, 0.2) is 5.25 Å². The summed E-state index contributed by atoms with van der Waals surface area (Å²) in [6, 6.07) is 8.83. The molecule has 1 aromatic carbocycles. The van der Waals surface area contributed by atoms with Crippen molar-refractivity contribution in [2.75, 3.05) is 6.54 Å². The number of rotatable bonds is 4. The number of sulfonamides is 1. The predicted octanol–water partition coefficient (Wildman–Crippen LogP) is 0.328. The Bertz CT molecular complexity index is 619. The second-order valence-electron chi connectivity index (χ2n) is 3.84. The summed E-state index contributed by atoms with van der Waals surface area (Å²) in [5.41, 5.74) is 6.89. The maximum Gasteiger partial charge on any atom is 0.227 e. The van der Waals surface area contributed by atoms with Crippen LogP contribution in [0.4, 0.5) is 0 Å². The van der Waals surface area contributed by atoms with E-state index in [1.165, 1.54) is 6.92 Å². The number of nitrogens with zero attached hydrogens (tertiary/aromatic N) is 1. The lowest BCUT2D eigenvalue weighted by atomic mass is 10.1. The molecule has 0 heterocycles. The fraction of sp³-hybridized carbons (Fsp3) is 0.308. The lowest BCUT2D eigenvalue weighted by molar-refractivity contribution is 0.577. The van der Waals surface area contributed by atoms with Gasteiger partial charge in [0, 0.05) is 12.1 Å². The van der Waals surface area contributed by atoms with E-state index in [-0.39, 0.29) is 6.54 Å². The first-order chi connectivity index (χ1) is 8.99. The molecule has 0 radical (unpaired) electrons. The maximum absolute atomic E-state index is 11.6. The Labute approximate surface area is 113 Å². The molecule has 1 rings (SSSR count). The van der Waals surface area contributed by atoms with Crippen molar-refractivity contribution in [1.29, 1.82) is 5.26 Å². The van der Waals surface area contributed by atoms with Crippen LogP contribution in [0.2, 0.25) is 0 Å². The molecule has 0 aliphatic heterocycles. The van der Waals surface area contributed by atoms with Crippen molar-refractivity contribution >= 4 is 10.0 Å². The van der Waals surface area contributed by atoms with Gasteiger partial charge in [0.25, 0.3) is 0 Å². The van der Waals surface area contributed by atoms with Crippen LogP contribution >= 0.6 is 0 Å². The maximum atomic E-state index is 11.6. The summed E-state index contributed by atoms with van der Waals surface area (Å²) in [5, 5.41) is 7.52. The minimum atomic E-state index is -3.59. The normalized spacial score (nSPS) is 12.1. The lowest BCUT2D eigenvalue weighted by Gasteiger charge is -2.07. The Morgan fingerprint density at radius 3 is 2.53 bits per heavy atom. The molecule has 1 atom stereocenters. The van der Waals surface area contributed by atoms with E-state index in [1.807, 2.05) is 0 Å². The Hall–Kier alpha value is -1.86. The Morgan fingerprint density at radius 2 is 2.00 bits per heavy atom. The van der Waals surface area contributed by atoms with Crippen LogP contribution in [0.1, 0.15) is 18.1 Å². The van der Waals surface area contributed by atoms with Gasteiger partial charge in [0.05, 0.1) is 12.6 Å². The summed E-state index contributed by atoms with van der Waals surface area (Å²) in [6.45, 7) is 1.79. The van der Waals surface area contributed by atoms with E-state index in [1.54, 1.807) is 30.3 Å². The Morgan fingerprint density at radius 1 is 1.37 bits per heavy atom. The molecule has 19 heavy (non-hydrogen) atoms. The largest absolute Gasteiger partial charge is 0.320 e. The average Bonchev–Trinajstić information content (AvgIpc) is 2.43. The van der Waals surface area contributed by atoms with Crippen LogP contribution in [-0.2, 0) is 16.6 Å². The van der Waals surface area contributed by atoms with E-state index < -0.39 is 15.3 Å². The zero-order chi connectivity index (χ0) is 14.3. The van der Waals surface area contributed by atoms with E-state index in [0.717, 1.165) is 11.1 Å². The monoisotopic (exact) mass is 277 g/mol. The van der Waals surface area contributed by atoms with Gasteiger partial charge < -0.3 is 5.73 Å². The average molecular weight is 277 g/mol. The third-order valence-electron chi connectivity index (χ3n) is 2.41. The Kier molecular flexibility index (Phi) is 5.53. The van der Waals surface area contributed by atoms with E-state index in [0.29, 0.717) is 6.54 Å². The van der Waals surface area contributed by atoms with E-state index in [9.17, 15) is 8.42 Å². The number of hydrogen-bond acceptors (Lipinski definition) is 4. The zero-order valence-corrected chi connectivity index (χ0v) is 11.4. The third-order valence-corrected chi connectivity index (χ3v) is 4.00. The zero-order valence-electron chi connectivity index (χ0n) is 10.6. The summed E-state index contributed by atoms with van der Waals surface area (Å²) >= 11 is 0. The van der Waals surface area contributed by atoms with Crippen LogP contribution in [0.25, 0.3) is 0 Å². The summed E-state index contributed by atoms with van der Waals surface area (Å²) in [4.78, 5) is 0. The second-order valence-corrected chi connectivity index (χ2v) is 5.93. The number of nitriles is 1. The highest BCUT2D eigenvalue weighted by Crippen LogP contribution is 2.05. The van der Waals surface area contributed by atoms with Gasteiger partial charge in [-0.25, -0.2) is 13.1 Å². The van der Waals surface area contributed by atoms with E-state index in [4.69, 9.17) is 11.0 Å². The molecule has 0 aliphatic rings. The van der Waals surface area contributed by atoms with Crippen LogP contribution in [0.5, 0.6) is 0 Å². The van der Waals surface area contributed by atoms with Crippen molar-refractivity contribution in [1.82, 2.24) is 4.72 Å². The summed E-state index contributed by atoms with van der Waals surface area (Å²) in [5.74, 6) is 5.61. The number of hydrogen-bond donors (Lipinski definition) is 2. The molecule has 1 aromatic rings. The van der Waals surface area contributed by atoms with Gasteiger partial charge in [0.1, 0.15) is 0 Å². The topological polar surface area (TPSA) is 96.0 Å². The summed E-state index contributed by atoms with van der Waals surface area (Å²) in [6.07, 6.45) is 0. The molecule has 0 amide bonds. The molecule has 100 valence electrons. The van der Waals surface area contributed by atoms with Crippen molar-refractivity contribution in [2.45, 2.75) is 18.7 Å². The second kappa shape index (κ2) is 6.91. The Balaban J connectivity index is 2.68. The van der Waals surface area contributed by atoms with Gasteiger partial charge in [-0.05, 0) is 24.6 Å². The SMILES string of the molecule is CC(C#N)S(=O)(=O)NCc1ccc(C#CCN)cc1.